The molecule has 3 rings (SSSR count). The highest BCUT2D eigenvalue weighted by molar-refractivity contribution is 5.94. The Balaban J connectivity index is 1.55. The van der Waals surface area contributed by atoms with E-state index in [9.17, 15) is 4.79 Å². The summed E-state index contributed by atoms with van der Waals surface area (Å²) in [4.78, 5) is 12.3. The number of aromatic nitrogens is 3. The average molecular weight is 330 g/mol. The second-order valence-electron chi connectivity index (χ2n) is 5.69. The molecule has 1 aromatic heterocycles. The molecule has 2 aromatic rings. The second kappa shape index (κ2) is 7.92. The Labute approximate surface area is 141 Å². The van der Waals surface area contributed by atoms with Crippen LogP contribution in [-0.2, 0) is 17.8 Å². The summed E-state index contributed by atoms with van der Waals surface area (Å²) in [6.45, 7) is 4.44. The fourth-order valence-electron chi connectivity index (χ4n) is 2.63. The summed E-state index contributed by atoms with van der Waals surface area (Å²) in [6.07, 6.45) is 3.92. The third kappa shape index (κ3) is 4.11. The average Bonchev–Trinajstić information content (AvgIpc) is 3.29. The van der Waals surface area contributed by atoms with Gasteiger partial charge in [-0.2, -0.15) is 0 Å². The summed E-state index contributed by atoms with van der Waals surface area (Å²) in [5.41, 5.74) is 0.558. The molecule has 2 heterocycles. The van der Waals surface area contributed by atoms with Crippen molar-refractivity contribution in [1.29, 1.82) is 0 Å². The van der Waals surface area contributed by atoms with Gasteiger partial charge in [0.25, 0.3) is 5.91 Å². The normalized spacial score (nSPS) is 17.0. The van der Waals surface area contributed by atoms with Crippen LogP contribution in [0.2, 0.25) is 0 Å². The predicted molar refractivity (Wildman–Crippen MR) is 87.8 cm³/mol. The molecule has 1 amide bonds. The standard InChI is InChI=1S/C17H22N4O3/c1-2-21-12-19-20-16(21)10-18-17(22)13-5-3-6-14(9-13)24-11-15-7-4-8-23-15/h3,5-6,9,12,15H,2,4,7-8,10-11H2,1H3,(H,18,22)/t15-/m1/s1. The van der Waals surface area contributed by atoms with Crippen molar-refractivity contribution in [2.24, 2.45) is 0 Å². The summed E-state index contributed by atoms with van der Waals surface area (Å²) >= 11 is 0. The summed E-state index contributed by atoms with van der Waals surface area (Å²) in [7, 11) is 0. The minimum Gasteiger partial charge on any atom is -0.491 e. The molecular formula is C17H22N4O3. The third-order valence-electron chi connectivity index (χ3n) is 4.00. The minimum atomic E-state index is -0.164. The quantitative estimate of drug-likeness (QED) is 0.837. The van der Waals surface area contributed by atoms with Crippen LogP contribution >= 0.6 is 0 Å². The van der Waals surface area contributed by atoms with Gasteiger partial charge in [0.1, 0.15) is 18.7 Å². The lowest BCUT2D eigenvalue weighted by Gasteiger charge is -2.12. The molecule has 0 radical (unpaired) electrons. The Kier molecular flexibility index (Phi) is 5.43. The second-order valence-corrected chi connectivity index (χ2v) is 5.69. The fraction of sp³-hybridized carbons (Fsp3) is 0.471. The van der Waals surface area contributed by atoms with Crippen LogP contribution < -0.4 is 10.1 Å². The van der Waals surface area contributed by atoms with Crippen LogP contribution in [-0.4, -0.2) is 40.0 Å². The van der Waals surface area contributed by atoms with Gasteiger partial charge < -0.3 is 19.4 Å². The van der Waals surface area contributed by atoms with Crippen molar-refractivity contribution in [3.63, 3.8) is 0 Å². The van der Waals surface area contributed by atoms with E-state index in [-0.39, 0.29) is 12.0 Å². The molecule has 1 saturated heterocycles. The predicted octanol–water partition coefficient (Wildman–Crippen LogP) is 1.79. The number of rotatable bonds is 7. The number of carbonyl (C=O) groups is 1. The Bertz CT molecular complexity index is 680. The van der Waals surface area contributed by atoms with Crippen molar-refractivity contribution >= 4 is 5.91 Å². The maximum Gasteiger partial charge on any atom is 0.251 e. The van der Waals surface area contributed by atoms with E-state index >= 15 is 0 Å². The van der Waals surface area contributed by atoms with Crippen molar-refractivity contribution in [3.8, 4) is 5.75 Å². The molecule has 1 fully saturated rings. The van der Waals surface area contributed by atoms with E-state index in [1.807, 2.05) is 23.6 Å². The van der Waals surface area contributed by atoms with Gasteiger partial charge in [-0.1, -0.05) is 6.07 Å². The molecule has 1 aliphatic heterocycles. The number of benzene rings is 1. The maximum absolute atomic E-state index is 12.3. The maximum atomic E-state index is 12.3. The monoisotopic (exact) mass is 330 g/mol. The van der Waals surface area contributed by atoms with Crippen molar-refractivity contribution in [2.45, 2.75) is 39.0 Å². The molecule has 0 bridgehead atoms. The molecule has 0 unspecified atom stereocenters. The topological polar surface area (TPSA) is 78.3 Å². The van der Waals surface area contributed by atoms with Gasteiger partial charge in [0.15, 0.2) is 5.82 Å². The number of aryl methyl sites for hydroxylation is 1. The van der Waals surface area contributed by atoms with Crippen LogP contribution in [0.5, 0.6) is 5.75 Å². The van der Waals surface area contributed by atoms with Gasteiger partial charge in [-0.3, -0.25) is 4.79 Å². The fourth-order valence-corrected chi connectivity index (χ4v) is 2.63. The van der Waals surface area contributed by atoms with Crippen LogP contribution in [0.3, 0.4) is 0 Å². The molecule has 7 nitrogen and oxygen atoms in total. The summed E-state index contributed by atoms with van der Waals surface area (Å²) in [5.74, 6) is 1.25. The first-order valence-electron chi connectivity index (χ1n) is 8.25. The molecule has 1 atom stereocenters. The zero-order valence-corrected chi connectivity index (χ0v) is 13.8. The first kappa shape index (κ1) is 16.4. The summed E-state index contributed by atoms with van der Waals surface area (Å²) in [5, 5.41) is 10.7. The molecule has 7 heteroatoms. The highest BCUT2D eigenvalue weighted by Crippen LogP contribution is 2.17. The third-order valence-corrected chi connectivity index (χ3v) is 4.00. The smallest absolute Gasteiger partial charge is 0.251 e. The number of hydrogen-bond acceptors (Lipinski definition) is 5. The molecule has 0 saturated carbocycles. The molecule has 1 aromatic carbocycles. The van der Waals surface area contributed by atoms with Crippen LogP contribution in [0, 0.1) is 0 Å². The first-order chi connectivity index (χ1) is 11.8. The van der Waals surface area contributed by atoms with Gasteiger partial charge in [0.2, 0.25) is 0 Å². The highest BCUT2D eigenvalue weighted by Gasteiger charge is 2.16. The van der Waals surface area contributed by atoms with E-state index < -0.39 is 0 Å². The molecule has 128 valence electrons. The first-order valence-corrected chi connectivity index (χ1v) is 8.25. The van der Waals surface area contributed by atoms with Gasteiger partial charge in [-0.15, -0.1) is 10.2 Å². The van der Waals surface area contributed by atoms with Gasteiger partial charge >= 0.3 is 0 Å². The van der Waals surface area contributed by atoms with Gasteiger partial charge in [0, 0.05) is 18.7 Å². The number of nitrogens with one attached hydrogen (secondary N) is 1. The van der Waals surface area contributed by atoms with E-state index in [1.54, 1.807) is 18.5 Å². The molecule has 24 heavy (non-hydrogen) atoms. The Hall–Kier alpha value is -2.41. The van der Waals surface area contributed by atoms with Crippen LogP contribution in [0.15, 0.2) is 30.6 Å². The van der Waals surface area contributed by atoms with Gasteiger partial charge in [-0.25, -0.2) is 0 Å². The Morgan fingerprint density at radius 1 is 1.50 bits per heavy atom. The number of nitrogens with zero attached hydrogens (tertiary/aromatic N) is 3. The summed E-state index contributed by atoms with van der Waals surface area (Å²) < 4.78 is 13.2. The van der Waals surface area contributed by atoms with E-state index in [4.69, 9.17) is 9.47 Å². The van der Waals surface area contributed by atoms with E-state index in [1.165, 1.54) is 0 Å². The van der Waals surface area contributed by atoms with Crippen molar-refractivity contribution in [2.75, 3.05) is 13.2 Å². The zero-order chi connectivity index (χ0) is 16.8. The zero-order valence-electron chi connectivity index (χ0n) is 13.8. The molecule has 0 aliphatic carbocycles. The lowest BCUT2D eigenvalue weighted by atomic mass is 10.2. The largest absolute Gasteiger partial charge is 0.491 e. The minimum absolute atomic E-state index is 0.155. The van der Waals surface area contributed by atoms with Crippen molar-refractivity contribution in [1.82, 2.24) is 20.1 Å². The van der Waals surface area contributed by atoms with Gasteiger partial charge in [-0.05, 0) is 38.0 Å². The lowest BCUT2D eigenvalue weighted by Crippen LogP contribution is -2.24. The van der Waals surface area contributed by atoms with Gasteiger partial charge in [0.05, 0.1) is 12.6 Å². The Morgan fingerprint density at radius 3 is 3.21 bits per heavy atom. The lowest BCUT2D eigenvalue weighted by molar-refractivity contribution is 0.0679. The van der Waals surface area contributed by atoms with Crippen LogP contribution in [0.4, 0.5) is 0 Å². The number of amides is 1. The van der Waals surface area contributed by atoms with E-state index in [2.05, 4.69) is 15.5 Å². The summed E-state index contributed by atoms with van der Waals surface area (Å²) in [6, 6.07) is 7.17. The SMILES string of the molecule is CCn1cnnc1CNC(=O)c1cccc(OC[C@H]2CCCO2)c1. The van der Waals surface area contributed by atoms with Crippen LogP contribution in [0.1, 0.15) is 35.9 Å². The van der Waals surface area contributed by atoms with Crippen molar-refractivity contribution < 1.29 is 14.3 Å². The van der Waals surface area contributed by atoms with E-state index in [0.29, 0.717) is 24.5 Å². The highest BCUT2D eigenvalue weighted by atomic mass is 16.5. The van der Waals surface area contributed by atoms with Crippen molar-refractivity contribution in [3.05, 3.63) is 42.0 Å². The molecule has 0 spiro atoms. The number of hydrogen-bond donors (Lipinski definition) is 1. The number of ether oxygens (including phenoxy) is 2. The molecule has 1 aliphatic rings. The van der Waals surface area contributed by atoms with E-state index in [0.717, 1.165) is 31.8 Å². The Morgan fingerprint density at radius 2 is 2.42 bits per heavy atom. The number of carbonyl (C=O) groups excluding carboxylic acids is 1. The van der Waals surface area contributed by atoms with Crippen LogP contribution in [0.25, 0.3) is 0 Å². The molecular weight excluding hydrogens is 308 g/mol. The molecule has 1 N–H and O–H groups in total.